The van der Waals surface area contributed by atoms with E-state index < -0.39 is 0 Å². The number of benzene rings is 3. The third-order valence-electron chi connectivity index (χ3n) is 4.82. The van der Waals surface area contributed by atoms with Gasteiger partial charge in [0.05, 0.1) is 13.2 Å². The monoisotopic (exact) mass is 391 g/mol. The quantitative estimate of drug-likeness (QED) is 0.574. The SMILES string of the molecule is CCOC(=O)CCc1ccc(CO)cc1C(=O)NCc1cccc2ccccc12. The molecular weight excluding hydrogens is 366 g/mol. The molecule has 0 aliphatic heterocycles. The highest BCUT2D eigenvalue weighted by atomic mass is 16.5. The van der Waals surface area contributed by atoms with Crippen LogP contribution in [0.3, 0.4) is 0 Å². The maximum atomic E-state index is 12.9. The predicted octanol–water partition coefficient (Wildman–Crippen LogP) is 3.76. The fraction of sp³-hybridized carbons (Fsp3) is 0.250. The van der Waals surface area contributed by atoms with Gasteiger partial charge in [0.15, 0.2) is 0 Å². The van der Waals surface area contributed by atoms with Crippen LogP contribution in [0.4, 0.5) is 0 Å². The average molecular weight is 391 g/mol. The highest BCUT2D eigenvalue weighted by Gasteiger charge is 2.14. The number of amides is 1. The van der Waals surface area contributed by atoms with Crippen molar-refractivity contribution in [1.29, 1.82) is 0 Å². The van der Waals surface area contributed by atoms with Gasteiger partial charge in [0, 0.05) is 18.5 Å². The number of aliphatic hydroxyl groups is 1. The fourth-order valence-corrected chi connectivity index (χ4v) is 3.34. The number of aliphatic hydroxyl groups excluding tert-OH is 1. The van der Waals surface area contributed by atoms with Gasteiger partial charge in [-0.1, -0.05) is 54.6 Å². The largest absolute Gasteiger partial charge is 0.466 e. The summed E-state index contributed by atoms with van der Waals surface area (Å²) in [6.45, 7) is 2.34. The summed E-state index contributed by atoms with van der Waals surface area (Å²) in [5, 5.41) is 14.6. The second-order valence-corrected chi connectivity index (χ2v) is 6.78. The highest BCUT2D eigenvalue weighted by Crippen LogP contribution is 2.19. The minimum Gasteiger partial charge on any atom is -0.466 e. The molecule has 29 heavy (non-hydrogen) atoms. The van der Waals surface area contributed by atoms with Crippen LogP contribution in [0.2, 0.25) is 0 Å². The van der Waals surface area contributed by atoms with E-state index in [0.717, 1.165) is 21.9 Å². The number of rotatable bonds is 8. The molecule has 0 saturated carbocycles. The summed E-state index contributed by atoms with van der Waals surface area (Å²) in [7, 11) is 0. The zero-order valence-electron chi connectivity index (χ0n) is 16.5. The normalized spacial score (nSPS) is 10.7. The van der Waals surface area contributed by atoms with Crippen molar-refractivity contribution in [3.8, 4) is 0 Å². The number of ether oxygens (including phenoxy) is 1. The van der Waals surface area contributed by atoms with E-state index >= 15 is 0 Å². The highest BCUT2D eigenvalue weighted by molar-refractivity contribution is 5.96. The molecule has 3 aromatic rings. The van der Waals surface area contributed by atoms with Crippen molar-refractivity contribution in [1.82, 2.24) is 5.32 Å². The number of hydrogen-bond acceptors (Lipinski definition) is 4. The third-order valence-corrected chi connectivity index (χ3v) is 4.82. The predicted molar refractivity (Wildman–Crippen MR) is 112 cm³/mol. The molecule has 0 aromatic heterocycles. The molecule has 0 aliphatic carbocycles. The topological polar surface area (TPSA) is 75.6 Å². The van der Waals surface area contributed by atoms with Gasteiger partial charge in [-0.2, -0.15) is 0 Å². The van der Waals surface area contributed by atoms with E-state index in [4.69, 9.17) is 4.74 Å². The number of fused-ring (bicyclic) bond motifs is 1. The number of nitrogens with one attached hydrogen (secondary N) is 1. The molecule has 0 aliphatic rings. The third kappa shape index (κ3) is 5.21. The van der Waals surface area contributed by atoms with Crippen molar-refractivity contribution in [2.24, 2.45) is 0 Å². The van der Waals surface area contributed by atoms with Gasteiger partial charge in [-0.3, -0.25) is 9.59 Å². The maximum Gasteiger partial charge on any atom is 0.306 e. The van der Waals surface area contributed by atoms with Crippen LogP contribution in [0.25, 0.3) is 10.8 Å². The molecule has 5 heteroatoms. The second kappa shape index (κ2) is 9.85. The summed E-state index contributed by atoms with van der Waals surface area (Å²) in [6, 6.07) is 19.3. The number of hydrogen-bond donors (Lipinski definition) is 2. The maximum absolute atomic E-state index is 12.9. The summed E-state index contributed by atoms with van der Waals surface area (Å²) in [5.74, 6) is -0.520. The standard InChI is InChI=1S/C24H25NO4/c1-2-29-23(27)13-12-19-11-10-17(16-26)14-22(19)24(28)25-15-20-8-5-7-18-6-3-4-9-21(18)20/h3-11,14,26H,2,12-13,15-16H2,1H3,(H,25,28). The molecule has 2 N–H and O–H groups in total. The fourth-order valence-electron chi connectivity index (χ4n) is 3.34. The molecule has 0 saturated heterocycles. The zero-order valence-corrected chi connectivity index (χ0v) is 16.5. The van der Waals surface area contributed by atoms with E-state index in [1.54, 1.807) is 25.1 Å². The minimum absolute atomic E-state index is 0.151. The van der Waals surface area contributed by atoms with Crippen LogP contribution in [-0.2, 0) is 29.1 Å². The van der Waals surface area contributed by atoms with Crippen LogP contribution in [0.5, 0.6) is 0 Å². The molecule has 5 nitrogen and oxygen atoms in total. The number of carbonyl (C=O) groups is 2. The lowest BCUT2D eigenvalue weighted by Gasteiger charge is -2.13. The Morgan fingerprint density at radius 3 is 2.59 bits per heavy atom. The van der Waals surface area contributed by atoms with E-state index in [0.29, 0.717) is 30.7 Å². The summed E-state index contributed by atoms with van der Waals surface area (Å²) in [6.07, 6.45) is 0.609. The minimum atomic E-state index is -0.291. The Kier molecular flexibility index (Phi) is 6.98. The zero-order chi connectivity index (χ0) is 20.6. The smallest absolute Gasteiger partial charge is 0.306 e. The van der Waals surface area contributed by atoms with E-state index in [1.807, 2.05) is 42.5 Å². The Labute approximate surface area is 170 Å². The number of esters is 1. The molecule has 3 aromatic carbocycles. The molecule has 0 atom stereocenters. The molecule has 150 valence electrons. The van der Waals surface area contributed by atoms with Crippen molar-refractivity contribution in [2.45, 2.75) is 32.9 Å². The van der Waals surface area contributed by atoms with Crippen LogP contribution in [0.1, 0.15) is 40.4 Å². The summed E-state index contributed by atoms with van der Waals surface area (Å²) in [4.78, 5) is 24.6. The molecule has 3 rings (SSSR count). The summed E-state index contributed by atoms with van der Waals surface area (Å²) >= 11 is 0. The van der Waals surface area contributed by atoms with Crippen LogP contribution >= 0.6 is 0 Å². The van der Waals surface area contributed by atoms with Crippen molar-refractivity contribution in [2.75, 3.05) is 6.61 Å². The van der Waals surface area contributed by atoms with Crippen LogP contribution in [0, 0.1) is 0 Å². The van der Waals surface area contributed by atoms with Crippen LogP contribution in [-0.4, -0.2) is 23.6 Å². The lowest BCUT2D eigenvalue weighted by atomic mass is 9.99. The van der Waals surface area contributed by atoms with Crippen LogP contribution < -0.4 is 5.32 Å². The molecule has 0 fully saturated rings. The summed E-state index contributed by atoms with van der Waals surface area (Å²) in [5.41, 5.74) is 2.91. The van der Waals surface area contributed by atoms with Crippen molar-refractivity contribution in [3.05, 3.63) is 82.9 Å². The van der Waals surface area contributed by atoms with Crippen LogP contribution in [0.15, 0.2) is 60.7 Å². The van der Waals surface area contributed by atoms with Gasteiger partial charge in [-0.25, -0.2) is 0 Å². The molecule has 1 amide bonds. The Hall–Kier alpha value is -3.18. The van der Waals surface area contributed by atoms with Crippen molar-refractivity contribution in [3.63, 3.8) is 0 Å². The molecule has 0 spiro atoms. The first kappa shape index (κ1) is 20.6. The van der Waals surface area contributed by atoms with Gasteiger partial charge in [-0.15, -0.1) is 0 Å². The summed E-state index contributed by atoms with van der Waals surface area (Å²) < 4.78 is 4.98. The molecule has 0 bridgehead atoms. The Balaban J connectivity index is 1.77. The first-order valence-corrected chi connectivity index (χ1v) is 9.75. The second-order valence-electron chi connectivity index (χ2n) is 6.78. The van der Waals surface area contributed by atoms with E-state index in [-0.39, 0.29) is 24.9 Å². The van der Waals surface area contributed by atoms with Gasteiger partial charge in [-0.05, 0) is 46.9 Å². The average Bonchev–Trinajstić information content (AvgIpc) is 2.76. The van der Waals surface area contributed by atoms with Gasteiger partial charge in [0.25, 0.3) is 5.91 Å². The molecule has 0 unspecified atom stereocenters. The van der Waals surface area contributed by atoms with Gasteiger partial charge < -0.3 is 15.2 Å². The van der Waals surface area contributed by atoms with Gasteiger partial charge >= 0.3 is 5.97 Å². The van der Waals surface area contributed by atoms with Gasteiger partial charge in [0.2, 0.25) is 0 Å². The Bertz CT molecular complexity index is 1010. The Morgan fingerprint density at radius 2 is 1.79 bits per heavy atom. The molecular formula is C24H25NO4. The first-order valence-electron chi connectivity index (χ1n) is 9.75. The Morgan fingerprint density at radius 1 is 1.00 bits per heavy atom. The van der Waals surface area contributed by atoms with E-state index in [1.165, 1.54) is 0 Å². The number of carbonyl (C=O) groups excluding carboxylic acids is 2. The lowest BCUT2D eigenvalue weighted by Crippen LogP contribution is -2.24. The molecule has 0 radical (unpaired) electrons. The van der Waals surface area contributed by atoms with Gasteiger partial charge in [0.1, 0.15) is 0 Å². The lowest BCUT2D eigenvalue weighted by molar-refractivity contribution is -0.143. The van der Waals surface area contributed by atoms with E-state index in [9.17, 15) is 14.7 Å². The van der Waals surface area contributed by atoms with Crippen molar-refractivity contribution < 1.29 is 19.4 Å². The first-order chi connectivity index (χ1) is 14.1. The van der Waals surface area contributed by atoms with Crippen molar-refractivity contribution >= 4 is 22.6 Å². The molecule has 0 heterocycles. The number of aryl methyl sites for hydroxylation is 1. The van der Waals surface area contributed by atoms with E-state index in [2.05, 4.69) is 5.32 Å².